The van der Waals surface area contributed by atoms with E-state index in [1.807, 2.05) is 31.2 Å². The fraction of sp³-hybridized carbons (Fsp3) is 0.381. The predicted molar refractivity (Wildman–Crippen MR) is 102 cm³/mol. The Kier molecular flexibility index (Phi) is 5.35. The van der Waals surface area contributed by atoms with Gasteiger partial charge in [-0.1, -0.05) is 37.8 Å². The van der Waals surface area contributed by atoms with Crippen molar-refractivity contribution in [3.05, 3.63) is 53.9 Å². The van der Waals surface area contributed by atoms with Gasteiger partial charge in [-0.15, -0.1) is 0 Å². The second-order valence-corrected chi connectivity index (χ2v) is 7.09. The normalized spacial score (nSPS) is 16.5. The van der Waals surface area contributed by atoms with Crippen molar-refractivity contribution in [2.45, 2.75) is 51.0 Å². The molecular formula is C21H25N3O2. The average Bonchev–Trinajstić information content (AvgIpc) is 2.89. The van der Waals surface area contributed by atoms with E-state index in [0.717, 1.165) is 42.4 Å². The number of rotatable bonds is 4. The van der Waals surface area contributed by atoms with Crippen molar-refractivity contribution < 1.29 is 9.59 Å². The lowest BCUT2D eigenvalue weighted by atomic mass is 9.88. The van der Waals surface area contributed by atoms with Crippen LogP contribution in [0.3, 0.4) is 0 Å². The van der Waals surface area contributed by atoms with Crippen LogP contribution in [-0.2, 0) is 4.79 Å². The van der Waals surface area contributed by atoms with Crippen molar-refractivity contribution in [3.63, 3.8) is 0 Å². The minimum atomic E-state index is -0.934. The molecule has 0 spiro atoms. The number of aryl methyl sites for hydroxylation is 1. The topological polar surface area (TPSA) is 85.1 Å². The highest BCUT2D eigenvalue weighted by molar-refractivity contribution is 5.99. The Morgan fingerprint density at radius 1 is 1.12 bits per heavy atom. The largest absolute Gasteiger partial charge is 0.368 e. The molecule has 1 heterocycles. The summed E-state index contributed by atoms with van der Waals surface area (Å²) in [6, 6.07) is 9.37. The summed E-state index contributed by atoms with van der Waals surface area (Å²) in [7, 11) is 0. The van der Waals surface area contributed by atoms with E-state index in [1.54, 1.807) is 18.5 Å². The Morgan fingerprint density at radius 3 is 2.50 bits per heavy atom. The van der Waals surface area contributed by atoms with Gasteiger partial charge in [-0.25, -0.2) is 0 Å². The first-order valence-corrected chi connectivity index (χ1v) is 9.15. The Hall–Kier alpha value is -2.69. The molecule has 1 saturated carbocycles. The van der Waals surface area contributed by atoms with Crippen molar-refractivity contribution in [1.29, 1.82) is 0 Å². The molecule has 2 aromatic rings. The fourth-order valence-electron chi connectivity index (χ4n) is 3.68. The van der Waals surface area contributed by atoms with Gasteiger partial charge >= 0.3 is 0 Å². The van der Waals surface area contributed by atoms with E-state index in [4.69, 9.17) is 5.73 Å². The van der Waals surface area contributed by atoms with Gasteiger partial charge in [0.05, 0.1) is 0 Å². The van der Waals surface area contributed by atoms with Crippen molar-refractivity contribution in [1.82, 2.24) is 10.3 Å². The lowest BCUT2D eigenvalue weighted by molar-refractivity contribution is -0.124. The number of hydrogen-bond acceptors (Lipinski definition) is 3. The maximum atomic E-state index is 12.9. The highest BCUT2D eigenvalue weighted by atomic mass is 16.2. The molecule has 1 aromatic carbocycles. The number of amides is 2. The first-order valence-electron chi connectivity index (χ1n) is 9.15. The molecule has 2 amide bonds. The minimum Gasteiger partial charge on any atom is -0.368 e. The zero-order valence-corrected chi connectivity index (χ0v) is 15.1. The molecule has 1 fully saturated rings. The summed E-state index contributed by atoms with van der Waals surface area (Å²) >= 11 is 0. The first-order chi connectivity index (χ1) is 12.5. The summed E-state index contributed by atoms with van der Waals surface area (Å²) in [5.74, 6) is -0.687. The molecule has 26 heavy (non-hydrogen) atoms. The average molecular weight is 351 g/mol. The Labute approximate surface area is 154 Å². The number of hydrogen-bond donors (Lipinski definition) is 2. The molecule has 1 aliphatic carbocycles. The van der Waals surface area contributed by atoms with Gasteiger partial charge in [-0.2, -0.15) is 0 Å². The van der Waals surface area contributed by atoms with Crippen molar-refractivity contribution in [3.8, 4) is 11.1 Å². The quantitative estimate of drug-likeness (QED) is 0.828. The molecule has 0 radical (unpaired) electrons. The maximum absolute atomic E-state index is 12.9. The number of nitrogens with zero attached hydrogens (tertiary/aromatic N) is 1. The monoisotopic (exact) mass is 351 g/mol. The molecule has 136 valence electrons. The van der Waals surface area contributed by atoms with Crippen LogP contribution in [0.1, 0.15) is 54.4 Å². The number of nitrogens with one attached hydrogen (secondary N) is 1. The summed E-state index contributed by atoms with van der Waals surface area (Å²) in [5.41, 5.74) is 8.31. The van der Waals surface area contributed by atoms with Crippen LogP contribution in [0.2, 0.25) is 0 Å². The van der Waals surface area contributed by atoms with Crippen LogP contribution < -0.4 is 11.1 Å². The standard InChI is InChI=1S/C21H25N3O2/c1-15-14-23-12-9-18(15)16-7-6-8-17(13-16)19(25)24-21(20(22)26)10-4-2-3-5-11-21/h6-9,12-14H,2-5,10-11H2,1H3,(H2,22,26)(H,24,25). The SMILES string of the molecule is Cc1cnccc1-c1cccc(C(=O)NC2(C(N)=O)CCCCCC2)c1. The van der Waals surface area contributed by atoms with Gasteiger partial charge in [0, 0.05) is 18.0 Å². The molecule has 3 N–H and O–H groups in total. The maximum Gasteiger partial charge on any atom is 0.252 e. The number of carbonyl (C=O) groups excluding carboxylic acids is 2. The summed E-state index contributed by atoms with van der Waals surface area (Å²) in [4.78, 5) is 29.1. The molecule has 1 aromatic heterocycles. The van der Waals surface area contributed by atoms with Gasteiger partial charge < -0.3 is 11.1 Å². The summed E-state index contributed by atoms with van der Waals surface area (Å²) < 4.78 is 0. The van der Waals surface area contributed by atoms with E-state index in [0.29, 0.717) is 18.4 Å². The third-order valence-corrected chi connectivity index (χ3v) is 5.24. The number of aromatic nitrogens is 1. The van der Waals surface area contributed by atoms with E-state index < -0.39 is 11.4 Å². The molecular weight excluding hydrogens is 326 g/mol. The van der Waals surface area contributed by atoms with Crippen LogP contribution in [-0.4, -0.2) is 22.3 Å². The fourth-order valence-corrected chi connectivity index (χ4v) is 3.68. The van der Waals surface area contributed by atoms with Crippen LogP contribution in [0.15, 0.2) is 42.7 Å². The molecule has 3 rings (SSSR count). The Balaban J connectivity index is 1.87. The first kappa shape index (κ1) is 18.1. The van der Waals surface area contributed by atoms with Crippen LogP contribution in [0.4, 0.5) is 0 Å². The van der Waals surface area contributed by atoms with Gasteiger partial charge in [-0.05, 0) is 54.7 Å². The predicted octanol–water partition coefficient (Wildman–Crippen LogP) is 3.37. The van der Waals surface area contributed by atoms with Gasteiger partial charge in [0.2, 0.25) is 5.91 Å². The van der Waals surface area contributed by atoms with Crippen molar-refractivity contribution in [2.24, 2.45) is 5.73 Å². The smallest absolute Gasteiger partial charge is 0.252 e. The van der Waals surface area contributed by atoms with Crippen LogP contribution in [0.25, 0.3) is 11.1 Å². The Bertz CT molecular complexity index is 808. The molecule has 0 unspecified atom stereocenters. The van der Waals surface area contributed by atoms with Gasteiger partial charge in [0.1, 0.15) is 5.54 Å². The Morgan fingerprint density at radius 2 is 1.85 bits per heavy atom. The van der Waals surface area contributed by atoms with Crippen LogP contribution >= 0.6 is 0 Å². The lowest BCUT2D eigenvalue weighted by Crippen LogP contribution is -2.57. The van der Waals surface area contributed by atoms with E-state index >= 15 is 0 Å². The highest BCUT2D eigenvalue weighted by Crippen LogP contribution is 2.28. The van der Waals surface area contributed by atoms with Crippen molar-refractivity contribution in [2.75, 3.05) is 0 Å². The van der Waals surface area contributed by atoms with Gasteiger partial charge in [0.25, 0.3) is 5.91 Å². The summed E-state index contributed by atoms with van der Waals surface area (Å²) in [6.07, 6.45) is 8.70. The minimum absolute atomic E-state index is 0.251. The van der Waals surface area contributed by atoms with E-state index in [9.17, 15) is 9.59 Å². The van der Waals surface area contributed by atoms with E-state index in [1.165, 1.54) is 0 Å². The number of primary amides is 1. The summed E-state index contributed by atoms with van der Waals surface area (Å²) in [6.45, 7) is 1.99. The lowest BCUT2D eigenvalue weighted by Gasteiger charge is -2.30. The van der Waals surface area contributed by atoms with Gasteiger partial charge in [-0.3, -0.25) is 14.6 Å². The summed E-state index contributed by atoms with van der Waals surface area (Å²) in [5, 5.41) is 2.96. The molecule has 0 atom stereocenters. The molecule has 0 aliphatic heterocycles. The zero-order valence-electron chi connectivity index (χ0n) is 15.1. The van der Waals surface area contributed by atoms with E-state index in [2.05, 4.69) is 10.3 Å². The van der Waals surface area contributed by atoms with Crippen LogP contribution in [0, 0.1) is 6.92 Å². The second-order valence-electron chi connectivity index (χ2n) is 7.09. The third-order valence-electron chi connectivity index (χ3n) is 5.24. The van der Waals surface area contributed by atoms with E-state index in [-0.39, 0.29) is 5.91 Å². The van der Waals surface area contributed by atoms with Crippen LogP contribution in [0.5, 0.6) is 0 Å². The second kappa shape index (κ2) is 7.68. The molecule has 0 saturated heterocycles. The molecule has 0 bridgehead atoms. The van der Waals surface area contributed by atoms with Crippen molar-refractivity contribution >= 4 is 11.8 Å². The molecule has 5 heteroatoms. The number of carbonyl (C=O) groups is 2. The zero-order chi connectivity index (χ0) is 18.6. The molecule has 5 nitrogen and oxygen atoms in total. The third kappa shape index (κ3) is 3.77. The number of benzene rings is 1. The highest BCUT2D eigenvalue weighted by Gasteiger charge is 2.38. The molecule has 1 aliphatic rings. The van der Waals surface area contributed by atoms with Gasteiger partial charge in [0.15, 0.2) is 0 Å². The number of pyridine rings is 1. The number of nitrogens with two attached hydrogens (primary N) is 1.